The molecule has 0 aliphatic carbocycles. The van der Waals surface area contributed by atoms with Gasteiger partial charge in [-0.2, -0.15) is 0 Å². The summed E-state index contributed by atoms with van der Waals surface area (Å²) in [5.41, 5.74) is 21.5. The zero-order valence-corrected chi connectivity index (χ0v) is 19.3. The summed E-state index contributed by atoms with van der Waals surface area (Å²) in [6, 6.07) is -5.51. The molecule has 0 fully saturated rings. The van der Waals surface area contributed by atoms with E-state index in [-0.39, 0.29) is 31.8 Å². The molecule has 0 saturated heterocycles. The third-order valence-corrected chi connectivity index (χ3v) is 4.75. The van der Waals surface area contributed by atoms with Gasteiger partial charge >= 0.3 is 5.97 Å². The minimum atomic E-state index is -1.54. The van der Waals surface area contributed by atoms with E-state index in [2.05, 4.69) is 30.9 Å². The molecule has 4 atom stereocenters. The van der Waals surface area contributed by atoms with Gasteiger partial charge in [0.2, 0.25) is 23.6 Å². The monoisotopic (exact) mass is 512 g/mol. The van der Waals surface area contributed by atoms with Crippen LogP contribution in [0.25, 0.3) is 0 Å². The number of aliphatic hydroxyl groups excluding tert-OH is 1. The number of hydrogen-bond acceptors (Lipinski definition) is 9. The quantitative estimate of drug-likeness (QED) is 0.0566. The summed E-state index contributed by atoms with van der Waals surface area (Å²) in [7, 11) is 0. The van der Waals surface area contributed by atoms with Crippen LogP contribution in [-0.2, 0) is 30.4 Å². The summed E-state index contributed by atoms with van der Waals surface area (Å²) in [6.07, 6.45) is 2.37. The van der Waals surface area contributed by atoms with Crippen molar-refractivity contribution >= 4 is 35.6 Å². The van der Waals surface area contributed by atoms with Gasteiger partial charge in [-0.1, -0.05) is 0 Å². The number of rotatable bonds is 16. The zero-order chi connectivity index (χ0) is 27.3. The molecule has 4 unspecified atom stereocenters. The van der Waals surface area contributed by atoms with Crippen LogP contribution < -0.4 is 38.9 Å². The molecule has 0 aromatic carbocycles. The number of nitrogens with one attached hydrogen (secondary N) is 4. The van der Waals surface area contributed by atoms with Crippen molar-refractivity contribution in [1.29, 1.82) is 0 Å². The molecule has 0 aliphatic rings. The van der Waals surface area contributed by atoms with E-state index in [1.807, 2.05) is 0 Å². The molecule has 0 bridgehead atoms. The van der Waals surface area contributed by atoms with E-state index in [0.717, 1.165) is 0 Å². The van der Waals surface area contributed by atoms with Crippen molar-refractivity contribution in [2.45, 2.75) is 49.9 Å². The van der Waals surface area contributed by atoms with Crippen molar-refractivity contribution in [3.63, 3.8) is 0 Å². The molecular weight excluding hydrogens is 480 g/mol. The second-order valence-electron chi connectivity index (χ2n) is 7.71. The smallest absolute Gasteiger partial charge is 0.326 e. The average molecular weight is 513 g/mol. The van der Waals surface area contributed by atoms with Crippen molar-refractivity contribution in [3.05, 3.63) is 18.2 Å². The van der Waals surface area contributed by atoms with Gasteiger partial charge in [-0.25, -0.2) is 9.78 Å². The first-order valence-electron chi connectivity index (χ1n) is 10.8. The number of guanidine groups is 1. The molecule has 1 heterocycles. The number of nitrogens with two attached hydrogens (primary N) is 4. The number of aliphatic carboxylic acids is 1. The Balaban J connectivity index is 2.88. The maximum absolute atomic E-state index is 12.9. The van der Waals surface area contributed by atoms with Crippen molar-refractivity contribution < 1.29 is 34.2 Å². The summed E-state index contributed by atoms with van der Waals surface area (Å²) in [4.78, 5) is 70.6. The molecule has 4 amide bonds. The van der Waals surface area contributed by atoms with E-state index >= 15 is 0 Å². The summed E-state index contributed by atoms with van der Waals surface area (Å²) < 4.78 is 0. The van der Waals surface area contributed by atoms with Gasteiger partial charge in [0, 0.05) is 24.9 Å². The van der Waals surface area contributed by atoms with Crippen LogP contribution in [-0.4, -0.2) is 93.1 Å². The zero-order valence-electron chi connectivity index (χ0n) is 19.3. The molecule has 17 nitrogen and oxygen atoms in total. The van der Waals surface area contributed by atoms with Crippen LogP contribution >= 0.6 is 0 Å². The SMILES string of the molecule is NC(=O)CC(N)C(=O)NC(Cc1cnc[nH]1)C(=O)NC(CO)C(=O)NC(CCCN=C(N)N)C(=O)O. The molecule has 17 heteroatoms. The maximum Gasteiger partial charge on any atom is 0.326 e. The minimum absolute atomic E-state index is 0.0276. The van der Waals surface area contributed by atoms with Gasteiger partial charge in [0.05, 0.1) is 25.4 Å². The van der Waals surface area contributed by atoms with Crippen LogP contribution in [0.3, 0.4) is 0 Å². The Kier molecular flexibility index (Phi) is 12.3. The number of carbonyl (C=O) groups is 5. The molecule has 1 aromatic rings. The highest BCUT2D eigenvalue weighted by atomic mass is 16.4. The van der Waals surface area contributed by atoms with Crippen LogP contribution in [0.1, 0.15) is 25.0 Å². The second kappa shape index (κ2) is 14.9. The lowest BCUT2D eigenvalue weighted by molar-refractivity contribution is -0.142. The van der Waals surface area contributed by atoms with Crippen molar-refractivity contribution in [3.8, 4) is 0 Å². The topological polar surface area (TPSA) is 307 Å². The number of aromatic nitrogens is 2. The van der Waals surface area contributed by atoms with Gasteiger partial charge in [-0.05, 0) is 12.8 Å². The lowest BCUT2D eigenvalue weighted by Gasteiger charge is -2.24. The summed E-state index contributed by atoms with van der Waals surface area (Å²) in [5, 5.41) is 25.8. The van der Waals surface area contributed by atoms with E-state index in [1.54, 1.807) is 0 Å². The Morgan fingerprint density at radius 2 is 1.61 bits per heavy atom. The molecule has 1 aromatic heterocycles. The molecule has 14 N–H and O–H groups in total. The predicted octanol–water partition coefficient (Wildman–Crippen LogP) is -5.26. The number of carboxylic acids is 1. The first-order chi connectivity index (χ1) is 16.9. The fourth-order valence-electron chi connectivity index (χ4n) is 2.91. The number of primary amides is 1. The van der Waals surface area contributed by atoms with E-state index in [1.165, 1.54) is 12.5 Å². The van der Waals surface area contributed by atoms with Crippen LogP contribution in [0.2, 0.25) is 0 Å². The number of imidazole rings is 1. The Morgan fingerprint density at radius 1 is 1.00 bits per heavy atom. The lowest BCUT2D eigenvalue weighted by Crippen LogP contribution is -2.58. The summed E-state index contributed by atoms with van der Waals surface area (Å²) >= 11 is 0. The number of aliphatic imine (C=N–C) groups is 1. The number of carboxylic acid groups (broad SMARTS) is 1. The largest absolute Gasteiger partial charge is 0.480 e. The van der Waals surface area contributed by atoms with Gasteiger partial charge in [0.25, 0.3) is 0 Å². The first-order valence-corrected chi connectivity index (χ1v) is 10.8. The molecule has 200 valence electrons. The Bertz CT molecular complexity index is 933. The molecule has 36 heavy (non-hydrogen) atoms. The van der Waals surface area contributed by atoms with Crippen LogP contribution in [0.5, 0.6) is 0 Å². The van der Waals surface area contributed by atoms with E-state index in [0.29, 0.717) is 5.69 Å². The highest BCUT2D eigenvalue weighted by Crippen LogP contribution is 2.03. The number of hydrogen-bond donors (Lipinski definition) is 10. The fraction of sp³-hybridized carbons (Fsp3) is 0.526. The first kappa shape index (κ1) is 29.8. The van der Waals surface area contributed by atoms with Crippen LogP contribution in [0, 0.1) is 0 Å². The average Bonchev–Trinajstić information content (AvgIpc) is 3.30. The predicted molar refractivity (Wildman–Crippen MR) is 125 cm³/mol. The molecular formula is C19H32N10O7. The number of nitrogens with zero attached hydrogens (tertiary/aromatic N) is 2. The summed E-state index contributed by atoms with van der Waals surface area (Å²) in [5.74, 6) is -5.05. The van der Waals surface area contributed by atoms with E-state index < -0.39 is 66.8 Å². The van der Waals surface area contributed by atoms with Crippen molar-refractivity contribution in [1.82, 2.24) is 25.9 Å². The van der Waals surface area contributed by atoms with Gasteiger partial charge in [-0.15, -0.1) is 0 Å². The lowest BCUT2D eigenvalue weighted by atomic mass is 10.1. The number of amides is 4. The molecule has 0 spiro atoms. The minimum Gasteiger partial charge on any atom is -0.480 e. The van der Waals surface area contributed by atoms with Crippen molar-refractivity contribution in [2.24, 2.45) is 27.9 Å². The van der Waals surface area contributed by atoms with Crippen molar-refractivity contribution in [2.75, 3.05) is 13.2 Å². The van der Waals surface area contributed by atoms with Gasteiger partial charge < -0.3 is 54.1 Å². The molecule has 0 saturated carbocycles. The second-order valence-corrected chi connectivity index (χ2v) is 7.71. The number of H-pyrrole nitrogens is 1. The highest BCUT2D eigenvalue weighted by molar-refractivity contribution is 5.95. The number of aromatic amines is 1. The standard InChI is InChI=1S/C19H32N10O7/c20-10(5-14(21)31)15(32)28-12(4-9-6-24-8-26-9)16(33)29-13(7-30)17(34)27-11(18(35)36)2-1-3-25-19(22)23/h6,8,10-13,30H,1-5,7,20H2,(H2,21,31)(H,24,26)(H,27,34)(H,28,32)(H,29,33)(H,35,36)(H4,22,23,25). The maximum atomic E-state index is 12.9. The third kappa shape index (κ3) is 10.8. The molecule has 0 aliphatic heterocycles. The number of carbonyl (C=O) groups excluding carboxylic acids is 4. The molecule has 0 radical (unpaired) electrons. The van der Waals surface area contributed by atoms with Gasteiger partial charge in [-0.3, -0.25) is 24.2 Å². The summed E-state index contributed by atoms with van der Waals surface area (Å²) in [6.45, 7) is -0.737. The fourth-order valence-corrected chi connectivity index (χ4v) is 2.91. The van der Waals surface area contributed by atoms with Gasteiger partial charge in [0.15, 0.2) is 5.96 Å². The third-order valence-electron chi connectivity index (χ3n) is 4.75. The normalized spacial score (nSPS) is 13.9. The Morgan fingerprint density at radius 3 is 2.14 bits per heavy atom. The van der Waals surface area contributed by atoms with Crippen LogP contribution in [0.4, 0.5) is 0 Å². The Labute approximate surface area is 205 Å². The molecule has 1 rings (SSSR count). The number of aliphatic hydroxyl groups is 1. The Hall–Kier alpha value is -4.25. The van der Waals surface area contributed by atoms with E-state index in [4.69, 9.17) is 22.9 Å². The van der Waals surface area contributed by atoms with E-state index in [9.17, 15) is 34.2 Å². The highest BCUT2D eigenvalue weighted by Gasteiger charge is 2.30. The van der Waals surface area contributed by atoms with Gasteiger partial charge in [0.1, 0.15) is 18.1 Å². The van der Waals surface area contributed by atoms with Crippen LogP contribution in [0.15, 0.2) is 17.5 Å².